The summed E-state index contributed by atoms with van der Waals surface area (Å²) >= 11 is 0. The second kappa shape index (κ2) is 12.4. The van der Waals surface area contributed by atoms with Gasteiger partial charge in [-0.05, 0) is 116 Å². The molecule has 0 fully saturated rings. The number of rotatable bonds is 4. The first-order valence-electron chi connectivity index (χ1n) is 18.7. The summed E-state index contributed by atoms with van der Waals surface area (Å²) in [5, 5.41) is 0. The topological polar surface area (TPSA) is 43.1 Å². The fraction of sp³-hybridized carbons (Fsp3) is 0.140. The molecule has 52 heavy (non-hydrogen) atoms. The molecule has 0 heterocycles. The van der Waals surface area contributed by atoms with Gasteiger partial charge in [-0.2, -0.15) is 0 Å². The third-order valence-electron chi connectivity index (χ3n) is 11.9. The van der Waals surface area contributed by atoms with Crippen LogP contribution in [0.25, 0.3) is 44.5 Å². The van der Waals surface area contributed by atoms with Crippen LogP contribution in [0.15, 0.2) is 152 Å². The molecule has 0 spiro atoms. The Labute approximate surface area is 305 Å². The summed E-state index contributed by atoms with van der Waals surface area (Å²) in [6.07, 6.45) is 4.51. The van der Waals surface area contributed by atoms with Crippen LogP contribution in [-0.2, 0) is 19.3 Å². The Morgan fingerprint density at radius 1 is 0.481 bits per heavy atom. The Kier molecular flexibility index (Phi) is 7.32. The van der Waals surface area contributed by atoms with E-state index in [9.17, 15) is 4.79 Å². The lowest BCUT2D eigenvalue weighted by atomic mass is 9.80. The monoisotopic (exact) mass is 669 g/mol. The molecule has 3 aliphatic carbocycles. The van der Waals surface area contributed by atoms with Crippen LogP contribution < -0.4 is 5.73 Å². The molecule has 2 atom stereocenters. The summed E-state index contributed by atoms with van der Waals surface area (Å²) in [5.74, 6) is 0.309. The van der Waals surface area contributed by atoms with Gasteiger partial charge in [-0.15, -0.1) is 0 Å². The number of hydrogen-bond donors (Lipinski definition) is 1. The van der Waals surface area contributed by atoms with Gasteiger partial charge >= 0.3 is 0 Å². The molecule has 0 aromatic heterocycles. The van der Waals surface area contributed by atoms with Crippen molar-refractivity contribution in [3.8, 4) is 44.5 Å². The Morgan fingerprint density at radius 2 is 1.10 bits per heavy atom. The number of nitrogen functional groups attached to an aromatic ring is 1. The first kappa shape index (κ1) is 30.8. The number of ketones is 1. The fourth-order valence-electron chi connectivity index (χ4n) is 9.50. The number of hydrogen-bond acceptors (Lipinski definition) is 2. The highest BCUT2D eigenvalue weighted by atomic mass is 16.1. The minimum absolute atomic E-state index is 0.179. The first-order valence-corrected chi connectivity index (χ1v) is 18.7. The molecule has 250 valence electrons. The number of fused-ring (bicyclic) bond motifs is 10. The van der Waals surface area contributed by atoms with Gasteiger partial charge in [-0.1, -0.05) is 146 Å². The third-order valence-corrected chi connectivity index (χ3v) is 11.9. The second-order valence-electron chi connectivity index (χ2n) is 14.8. The molecule has 0 saturated carbocycles. The third kappa shape index (κ3) is 4.97. The molecule has 2 N–H and O–H groups in total. The Hall–Kier alpha value is -5.99. The van der Waals surface area contributed by atoms with Gasteiger partial charge in [-0.25, -0.2) is 0 Å². The van der Waals surface area contributed by atoms with Crippen molar-refractivity contribution >= 4 is 11.5 Å². The van der Waals surface area contributed by atoms with E-state index in [1.807, 2.05) is 24.3 Å². The van der Waals surface area contributed by atoms with Gasteiger partial charge < -0.3 is 5.73 Å². The van der Waals surface area contributed by atoms with Crippen LogP contribution >= 0.6 is 0 Å². The summed E-state index contributed by atoms with van der Waals surface area (Å²) in [6, 6.07) is 54.8. The molecule has 2 nitrogen and oxygen atoms in total. The molecule has 0 radical (unpaired) electrons. The predicted octanol–water partition coefficient (Wildman–Crippen LogP) is 11.8. The second-order valence-corrected chi connectivity index (χ2v) is 14.8. The van der Waals surface area contributed by atoms with Gasteiger partial charge in [-0.3, -0.25) is 4.79 Å². The van der Waals surface area contributed by atoms with E-state index in [-0.39, 0.29) is 17.6 Å². The van der Waals surface area contributed by atoms with Crippen molar-refractivity contribution in [2.24, 2.45) is 0 Å². The summed E-state index contributed by atoms with van der Waals surface area (Å²) in [5.41, 5.74) is 26.9. The van der Waals surface area contributed by atoms with Crippen molar-refractivity contribution in [1.29, 1.82) is 0 Å². The standard InChI is InChI=1S/C50H39NO/c51-49-20-10-9-18-43(49)36-14-4-2-12-33(36)27-31-28-46-40-17-7-8-19-44(40)50(52)45-26-25-42(46)47(29-31)48-30-34(22-24-41(45)48)37-23-21-32-11-1-3-13-35(32)38-15-5-6-16-39(37)38/h1-20,22,24,28-30,37,45H,21,23,25-27,51H2. The van der Waals surface area contributed by atoms with Crippen LogP contribution in [0, 0.1) is 0 Å². The summed E-state index contributed by atoms with van der Waals surface area (Å²) < 4.78 is 0. The highest BCUT2D eigenvalue weighted by Gasteiger charge is 2.35. The first-order chi connectivity index (χ1) is 25.6. The van der Waals surface area contributed by atoms with Crippen molar-refractivity contribution in [3.63, 3.8) is 0 Å². The lowest BCUT2D eigenvalue weighted by Gasteiger charge is -2.22. The molecule has 7 aromatic rings. The molecule has 2 unspecified atom stereocenters. The maximum atomic E-state index is 14.6. The minimum Gasteiger partial charge on any atom is -0.398 e. The van der Waals surface area contributed by atoms with E-state index in [1.54, 1.807) is 0 Å². The summed E-state index contributed by atoms with van der Waals surface area (Å²) in [4.78, 5) is 14.6. The van der Waals surface area contributed by atoms with Crippen LogP contribution in [0.4, 0.5) is 5.69 Å². The quantitative estimate of drug-likeness (QED) is 0.190. The van der Waals surface area contributed by atoms with Crippen LogP contribution in [0.3, 0.4) is 0 Å². The smallest absolute Gasteiger partial charge is 0.170 e. The molecule has 7 aromatic carbocycles. The van der Waals surface area contributed by atoms with Crippen LogP contribution in [0.1, 0.15) is 74.0 Å². The van der Waals surface area contributed by atoms with E-state index in [0.29, 0.717) is 0 Å². The normalized spacial score (nSPS) is 16.7. The summed E-state index contributed by atoms with van der Waals surface area (Å²) in [7, 11) is 0. The number of aryl methyl sites for hydroxylation is 1. The van der Waals surface area contributed by atoms with Crippen molar-refractivity contribution < 1.29 is 4.79 Å². The number of carbonyl (C=O) groups is 1. The maximum Gasteiger partial charge on any atom is 0.170 e. The van der Waals surface area contributed by atoms with Crippen molar-refractivity contribution in [1.82, 2.24) is 0 Å². The van der Waals surface area contributed by atoms with Crippen molar-refractivity contribution in [2.75, 3.05) is 5.73 Å². The van der Waals surface area contributed by atoms with Gasteiger partial charge in [0.05, 0.1) is 0 Å². The molecular formula is C50H39NO. The van der Waals surface area contributed by atoms with Gasteiger partial charge in [0.15, 0.2) is 5.78 Å². The van der Waals surface area contributed by atoms with Crippen molar-refractivity contribution in [2.45, 2.75) is 43.9 Å². The Balaban J connectivity index is 1.17. The van der Waals surface area contributed by atoms with Gasteiger partial charge in [0, 0.05) is 28.7 Å². The molecule has 0 aliphatic heterocycles. The van der Waals surface area contributed by atoms with Crippen LogP contribution in [0.2, 0.25) is 0 Å². The van der Waals surface area contributed by atoms with E-state index < -0.39 is 0 Å². The van der Waals surface area contributed by atoms with Crippen LogP contribution in [0.5, 0.6) is 0 Å². The highest BCUT2D eigenvalue weighted by Crippen LogP contribution is 2.49. The molecule has 3 aliphatic rings. The molecule has 2 bridgehead atoms. The maximum absolute atomic E-state index is 14.6. The fourth-order valence-corrected chi connectivity index (χ4v) is 9.50. The number of anilines is 1. The van der Waals surface area contributed by atoms with E-state index >= 15 is 0 Å². The number of benzene rings is 7. The molecular weight excluding hydrogens is 631 g/mol. The molecule has 0 amide bonds. The zero-order valence-electron chi connectivity index (χ0n) is 29.1. The van der Waals surface area contributed by atoms with Crippen molar-refractivity contribution in [3.05, 3.63) is 196 Å². The average molecular weight is 670 g/mol. The molecule has 0 saturated heterocycles. The van der Waals surface area contributed by atoms with Gasteiger partial charge in [0.1, 0.15) is 0 Å². The largest absolute Gasteiger partial charge is 0.398 e. The van der Waals surface area contributed by atoms with Crippen LogP contribution in [-0.4, -0.2) is 5.78 Å². The predicted molar refractivity (Wildman–Crippen MR) is 214 cm³/mol. The highest BCUT2D eigenvalue weighted by molar-refractivity contribution is 6.09. The number of nitrogens with two attached hydrogens (primary N) is 1. The minimum atomic E-state index is -0.179. The number of carbonyl (C=O) groups excluding carboxylic acids is 1. The van der Waals surface area contributed by atoms with Gasteiger partial charge in [0.2, 0.25) is 0 Å². The zero-order chi connectivity index (χ0) is 34.8. The Bertz CT molecular complexity index is 2560. The van der Waals surface area contributed by atoms with E-state index in [2.05, 4.69) is 127 Å². The SMILES string of the molecule is Nc1ccccc1-c1ccccc1Cc1cc2c3c(c1)-c1cc(C4CCc5ccccc5-c5ccccc54)ccc1C(CC3)C(=O)c1ccccc1-2. The van der Waals surface area contributed by atoms with E-state index in [1.165, 1.54) is 61.2 Å². The van der Waals surface area contributed by atoms with E-state index in [0.717, 1.165) is 65.6 Å². The summed E-state index contributed by atoms with van der Waals surface area (Å²) in [6.45, 7) is 0. The zero-order valence-corrected chi connectivity index (χ0v) is 29.1. The molecule has 10 rings (SSSR count). The lowest BCUT2D eigenvalue weighted by molar-refractivity contribution is 0.0956. The number of Topliss-reactive ketones (excluding diaryl/α,β-unsaturated/α-hetero) is 1. The lowest BCUT2D eigenvalue weighted by Crippen LogP contribution is -2.16. The molecule has 2 heteroatoms. The Morgan fingerprint density at radius 3 is 1.92 bits per heavy atom. The van der Waals surface area contributed by atoms with E-state index in [4.69, 9.17) is 5.73 Å². The number of para-hydroxylation sites is 1. The van der Waals surface area contributed by atoms with Gasteiger partial charge in [0.25, 0.3) is 0 Å². The average Bonchev–Trinajstić information content (AvgIpc) is 3.45.